The highest BCUT2D eigenvalue weighted by Gasteiger charge is 2.30. The molecule has 1 aromatic carbocycles. The first-order valence-electron chi connectivity index (χ1n) is 7.89. The number of nitrogens with one attached hydrogen (secondary N) is 3. The highest BCUT2D eigenvalue weighted by atomic mass is 32.2. The van der Waals surface area contributed by atoms with Crippen LogP contribution in [0, 0.1) is 5.92 Å². The van der Waals surface area contributed by atoms with Crippen molar-refractivity contribution in [2.45, 2.75) is 50.6 Å². The molecule has 0 spiro atoms. The van der Waals surface area contributed by atoms with Gasteiger partial charge < -0.3 is 10.6 Å². The maximum Gasteiger partial charge on any atom is 0.241 e. The molecule has 7 nitrogen and oxygen atoms in total. The van der Waals surface area contributed by atoms with Gasteiger partial charge in [-0.1, -0.05) is 0 Å². The average molecular weight is 353 g/mol. The Morgan fingerprint density at radius 3 is 2.21 bits per heavy atom. The molecule has 2 amide bonds. The second-order valence-electron chi connectivity index (χ2n) is 6.18. The van der Waals surface area contributed by atoms with Crippen LogP contribution in [0.25, 0.3) is 0 Å². The van der Waals surface area contributed by atoms with Crippen LogP contribution in [0.4, 0.5) is 5.69 Å². The van der Waals surface area contributed by atoms with Crippen LogP contribution in [0.5, 0.6) is 0 Å². The largest absolute Gasteiger partial charge is 0.352 e. The lowest BCUT2D eigenvalue weighted by molar-refractivity contribution is -0.123. The first kappa shape index (κ1) is 18.4. The summed E-state index contributed by atoms with van der Waals surface area (Å²) >= 11 is 0. The summed E-state index contributed by atoms with van der Waals surface area (Å²) in [5.74, 6) is -0.0780. The Kier molecular flexibility index (Phi) is 5.61. The van der Waals surface area contributed by atoms with Crippen molar-refractivity contribution >= 4 is 27.5 Å². The molecule has 0 aliphatic heterocycles. The molecule has 132 valence electrons. The predicted molar refractivity (Wildman–Crippen MR) is 90.9 cm³/mol. The Bertz CT molecular complexity index is 711. The number of anilines is 1. The van der Waals surface area contributed by atoms with Crippen molar-refractivity contribution in [3.8, 4) is 0 Å². The molecule has 8 heteroatoms. The number of rotatable bonds is 7. The Balaban J connectivity index is 1.98. The van der Waals surface area contributed by atoms with E-state index >= 15 is 0 Å². The van der Waals surface area contributed by atoms with Gasteiger partial charge in [-0.2, -0.15) is 4.72 Å². The van der Waals surface area contributed by atoms with E-state index in [1.54, 1.807) is 0 Å². The van der Waals surface area contributed by atoms with E-state index < -0.39 is 16.1 Å². The number of benzene rings is 1. The maximum atomic E-state index is 12.3. The lowest BCUT2D eigenvalue weighted by Gasteiger charge is -2.18. The van der Waals surface area contributed by atoms with Crippen LogP contribution >= 0.6 is 0 Å². The molecule has 2 rings (SSSR count). The van der Waals surface area contributed by atoms with E-state index in [0.29, 0.717) is 11.6 Å². The minimum Gasteiger partial charge on any atom is -0.352 e. The Labute approximate surface area is 142 Å². The van der Waals surface area contributed by atoms with Gasteiger partial charge in [-0.3, -0.25) is 9.59 Å². The number of hydrogen-bond donors (Lipinski definition) is 3. The average Bonchev–Trinajstić information content (AvgIpc) is 3.31. The summed E-state index contributed by atoms with van der Waals surface area (Å²) in [6, 6.07) is 4.94. The van der Waals surface area contributed by atoms with Gasteiger partial charge in [0.25, 0.3) is 0 Å². The van der Waals surface area contributed by atoms with Crippen molar-refractivity contribution in [1.82, 2.24) is 10.0 Å². The molecule has 0 aromatic heterocycles. The summed E-state index contributed by atoms with van der Waals surface area (Å²) in [5, 5.41) is 5.40. The zero-order chi connectivity index (χ0) is 17.9. The van der Waals surface area contributed by atoms with Crippen LogP contribution in [0.15, 0.2) is 29.2 Å². The van der Waals surface area contributed by atoms with Gasteiger partial charge in [-0.15, -0.1) is 0 Å². The lowest BCUT2D eigenvalue weighted by atomic mass is 10.2. The molecule has 1 unspecified atom stereocenters. The molecule has 0 bridgehead atoms. The van der Waals surface area contributed by atoms with Gasteiger partial charge in [0.05, 0.1) is 10.9 Å². The fourth-order valence-corrected chi connectivity index (χ4v) is 3.54. The van der Waals surface area contributed by atoms with Gasteiger partial charge in [0.2, 0.25) is 21.8 Å². The molecule has 0 saturated heterocycles. The summed E-state index contributed by atoms with van der Waals surface area (Å²) in [7, 11) is -3.81. The van der Waals surface area contributed by atoms with Gasteiger partial charge >= 0.3 is 0 Å². The van der Waals surface area contributed by atoms with Gasteiger partial charge in [0.15, 0.2) is 0 Å². The van der Waals surface area contributed by atoms with Crippen LogP contribution < -0.4 is 15.4 Å². The van der Waals surface area contributed by atoms with Gasteiger partial charge in [-0.05, 0) is 56.9 Å². The van der Waals surface area contributed by atoms with E-state index in [0.717, 1.165) is 12.8 Å². The van der Waals surface area contributed by atoms with Crippen LogP contribution in [0.2, 0.25) is 0 Å². The third-order valence-electron chi connectivity index (χ3n) is 3.91. The van der Waals surface area contributed by atoms with Crippen molar-refractivity contribution < 1.29 is 18.0 Å². The zero-order valence-electron chi connectivity index (χ0n) is 14.0. The molecule has 1 saturated carbocycles. The van der Waals surface area contributed by atoms with E-state index in [2.05, 4.69) is 15.4 Å². The molecule has 2 atom stereocenters. The van der Waals surface area contributed by atoms with Gasteiger partial charge in [0, 0.05) is 18.7 Å². The van der Waals surface area contributed by atoms with E-state index in [1.807, 2.05) is 6.92 Å². The van der Waals surface area contributed by atoms with Gasteiger partial charge in [0.1, 0.15) is 0 Å². The standard InChI is InChI=1S/C16H23N3O4S/c1-10(13-4-5-13)17-16(21)11(2)19-24(22,23)15-8-6-14(7-9-15)18-12(3)20/h6-11,13,19H,4-5H2,1-3H3,(H,17,21)(H,18,20)/t10?,11-/m0/s1. The highest BCUT2D eigenvalue weighted by Crippen LogP contribution is 2.32. The van der Waals surface area contributed by atoms with Gasteiger partial charge in [-0.25, -0.2) is 8.42 Å². The van der Waals surface area contributed by atoms with Crippen molar-refractivity contribution in [2.75, 3.05) is 5.32 Å². The molecule has 1 aromatic rings. The summed E-state index contributed by atoms with van der Waals surface area (Å²) in [5.41, 5.74) is 0.505. The Morgan fingerprint density at radius 2 is 1.71 bits per heavy atom. The number of amides is 2. The summed E-state index contributed by atoms with van der Waals surface area (Å²) in [6.45, 7) is 4.81. The Morgan fingerprint density at radius 1 is 1.12 bits per heavy atom. The molecular formula is C16H23N3O4S. The second kappa shape index (κ2) is 7.31. The third kappa shape index (κ3) is 5.04. The van der Waals surface area contributed by atoms with E-state index in [1.165, 1.54) is 38.1 Å². The zero-order valence-corrected chi connectivity index (χ0v) is 14.8. The molecule has 3 N–H and O–H groups in total. The van der Waals surface area contributed by atoms with Crippen molar-refractivity contribution in [1.29, 1.82) is 0 Å². The van der Waals surface area contributed by atoms with Crippen LogP contribution in [-0.2, 0) is 19.6 Å². The smallest absolute Gasteiger partial charge is 0.241 e. The molecule has 1 aliphatic carbocycles. The SMILES string of the molecule is CC(=O)Nc1ccc(S(=O)(=O)N[C@@H](C)C(=O)NC(C)C2CC2)cc1. The van der Waals surface area contributed by atoms with Crippen LogP contribution in [0.1, 0.15) is 33.6 Å². The number of carbonyl (C=O) groups is 2. The fourth-order valence-electron chi connectivity index (χ4n) is 2.34. The molecule has 0 heterocycles. The topological polar surface area (TPSA) is 104 Å². The van der Waals surface area contributed by atoms with E-state index in [9.17, 15) is 18.0 Å². The summed E-state index contributed by atoms with van der Waals surface area (Å²) < 4.78 is 27.0. The quantitative estimate of drug-likeness (QED) is 0.685. The fraction of sp³-hybridized carbons (Fsp3) is 0.500. The van der Waals surface area contributed by atoms with Crippen LogP contribution in [0.3, 0.4) is 0 Å². The van der Waals surface area contributed by atoms with Crippen molar-refractivity contribution in [2.24, 2.45) is 5.92 Å². The number of hydrogen-bond acceptors (Lipinski definition) is 4. The van der Waals surface area contributed by atoms with E-state index in [4.69, 9.17) is 0 Å². The summed E-state index contributed by atoms with van der Waals surface area (Å²) in [4.78, 5) is 23.1. The molecule has 24 heavy (non-hydrogen) atoms. The number of carbonyl (C=O) groups excluding carboxylic acids is 2. The summed E-state index contributed by atoms with van der Waals surface area (Å²) in [6.07, 6.45) is 2.20. The predicted octanol–water partition coefficient (Wildman–Crippen LogP) is 1.23. The maximum absolute atomic E-state index is 12.3. The minimum absolute atomic E-state index is 0.0338. The Hall–Kier alpha value is -1.93. The molecule has 0 radical (unpaired) electrons. The number of sulfonamides is 1. The lowest BCUT2D eigenvalue weighted by Crippen LogP contribution is -2.47. The second-order valence-corrected chi connectivity index (χ2v) is 7.90. The van der Waals surface area contributed by atoms with Crippen molar-refractivity contribution in [3.63, 3.8) is 0 Å². The third-order valence-corrected chi connectivity index (χ3v) is 5.47. The normalized spacial score (nSPS) is 17.0. The van der Waals surface area contributed by atoms with Crippen molar-refractivity contribution in [3.05, 3.63) is 24.3 Å². The molecule has 1 fully saturated rings. The molecule has 1 aliphatic rings. The monoisotopic (exact) mass is 353 g/mol. The highest BCUT2D eigenvalue weighted by molar-refractivity contribution is 7.89. The first-order chi connectivity index (χ1) is 11.2. The van der Waals surface area contributed by atoms with E-state index in [-0.39, 0.29) is 22.8 Å². The minimum atomic E-state index is -3.81. The first-order valence-corrected chi connectivity index (χ1v) is 9.37. The van der Waals surface area contributed by atoms with Crippen LogP contribution in [-0.4, -0.2) is 32.3 Å². The molecular weight excluding hydrogens is 330 g/mol.